The minimum atomic E-state index is -0.296. The first kappa shape index (κ1) is 18.3. The van der Waals surface area contributed by atoms with Crippen LogP contribution in [0.15, 0.2) is 48.5 Å². The minimum Gasteiger partial charge on any atom is -0.347 e. The second-order valence-electron chi connectivity index (χ2n) is 6.34. The number of hydrogen-bond acceptors (Lipinski definition) is 4. The molecule has 138 valence electrons. The molecular formula is C20H21N5O2. The van der Waals surface area contributed by atoms with E-state index in [1.807, 2.05) is 56.3 Å². The van der Waals surface area contributed by atoms with Crippen molar-refractivity contribution in [2.45, 2.75) is 27.3 Å². The summed E-state index contributed by atoms with van der Waals surface area (Å²) in [4.78, 5) is 23.7. The zero-order valence-electron chi connectivity index (χ0n) is 15.5. The van der Waals surface area contributed by atoms with E-state index in [-0.39, 0.29) is 17.5 Å². The van der Waals surface area contributed by atoms with Crippen LogP contribution >= 0.6 is 0 Å². The van der Waals surface area contributed by atoms with E-state index in [0.29, 0.717) is 17.9 Å². The third kappa shape index (κ3) is 4.38. The number of nitrogens with zero attached hydrogens (tertiary/aromatic N) is 3. The van der Waals surface area contributed by atoms with Crippen LogP contribution in [-0.4, -0.2) is 26.8 Å². The summed E-state index contributed by atoms with van der Waals surface area (Å²) in [5.41, 5.74) is 4.52. The second-order valence-corrected chi connectivity index (χ2v) is 6.34. The predicted molar refractivity (Wildman–Crippen MR) is 103 cm³/mol. The van der Waals surface area contributed by atoms with Crippen LogP contribution < -0.4 is 10.6 Å². The summed E-state index contributed by atoms with van der Waals surface area (Å²) in [6.07, 6.45) is 0. The highest BCUT2D eigenvalue weighted by molar-refractivity contribution is 5.93. The largest absolute Gasteiger partial charge is 0.347 e. The van der Waals surface area contributed by atoms with E-state index in [4.69, 9.17) is 0 Å². The molecule has 2 N–H and O–H groups in total. The van der Waals surface area contributed by atoms with Crippen LogP contribution in [0.25, 0.3) is 5.69 Å². The molecule has 2 aromatic carbocycles. The van der Waals surface area contributed by atoms with Gasteiger partial charge in [-0.2, -0.15) is 0 Å². The summed E-state index contributed by atoms with van der Waals surface area (Å²) in [6.45, 7) is 5.60. The van der Waals surface area contributed by atoms with Gasteiger partial charge in [0.05, 0.1) is 11.4 Å². The predicted octanol–water partition coefficient (Wildman–Crippen LogP) is 2.77. The maximum atomic E-state index is 12.5. The van der Waals surface area contributed by atoms with Gasteiger partial charge in [0, 0.05) is 19.2 Å². The lowest BCUT2D eigenvalue weighted by Crippen LogP contribution is -2.24. The van der Waals surface area contributed by atoms with E-state index in [9.17, 15) is 9.59 Å². The van der Waals surface area contributed by atoms with Gasteiger partial charge in [-0.1, -0.05) is 35.0 Å². The highest BCUT2D eigenvalue weighted by atomic mass is 16.2. The van der Waals surface area contributed by atoms with Crippen LogP contribution in [-0.2, 0) is 11.3 Å². The SMILES string of the molecule is CC(=O)Nc1cccc(CNC(=O)c2nnn(-c3ccc(C)cc3)c2C)c1. The Labute approximate surface area is 157 Å². The number of nitrogens with one attached hydrogen (secondary N) is 2. The van der Waals surface area contributed by atoms with Crippen molar-refractivity contribution < 1.29 is 9.59 Å². The summed E-state index contributed by atoms with van der Waals surface area (Å²) in [5, 5.41) is 13.7. The van der Waals surface area contributed by atoms with Gasteiger partial charge < -0.3 is 10.6 Å². The Kier molecular flexibility index (Phi) is 5.30. The van der Waals surface area contributed by atoms with E-state index < -0.39 is 0 Å². The average molecular weight is 363 g/mol. The van der Waals surface area contributed by atoms with Crippen molar-refractivity contribution in [3.05, 3.63) is 71.0 Å². The number of aromatic nitrogens is 3. The summed E-state index contributed by atoms with van der Waals surface area (Å²) in [7, 11) is 0. The number of amides is 2. The smallest absolute Gasteiger partial charge is 0.274 e. The van der Waals surface area contributed by atoms with Gasteiger partial charge in [-0.3, -0.25) is 9.59 Å². The summed E-state index contributed by atoms with van der Waals surface area (Å²) >= 11 is 0. The summed E-state index contributed by atoms with van der Waals surface area (Å²) < 4.78 is 1.64. The lowest BCUT2D eigenvalue weighted by Gasteiger charge is -2.07. The van der Waals surface area contributed by atoms with Crippen LogP contribution in [0, 0.1) is 13.8 Å². The summed E-state index contributed by atoms with van der Waals surface area (Å²) in [5.74, 6) is -0.435. The molecule has 3 aromatic rings. The quantitative estimate of drug-likeness (QED) is 0.729. The molecule has 0 aliphatic rings. The molecule has 7 nitrogen and oxygen atoms in total. The molecule has 0 unspecified atom stereocenters. The maximum absolute atomic E-state index is 12.5. The number of benzene rings is 2. The molecule has 0 saturated heterocycles. The van der Waals surface area contributed by atoms with E-state index in [1.54, 1.807) is 10.7 Å². The average Bonchev–Trinajstić information content (AvgIpc) is 3.02. The molecule has 0 fully saturated rings. The molecule has 0 atom stereocenters. The zero-order chi connectivity index (χ0) is 19.4. The standard InChI is InChI=1S/C20H21N5O2/c1-13-7-9-18(10-8-13)25-14(2)19(23-24-25)20(27)21-12-16-5-4-6-17(11-16)22-15(3)26/h4-11H,12H2,1-3H3,(H,21,27)(H,22,26). The first-order valence-corrected chi connectivity index (χ1v) is 8.58. The third-order valence-corrected chi connectivity index (χ3v) is 4.09. The minimum absolute atomic E-state index is 0.139. The van der Waals surface area contributed by atoms with E-state index >= 15 is 0 Å². The maximum Gasteiger partial charge on any atom is 0.274 e. The van der Waals surface area contributed by atoms with E-state index in [0.717, 1.165) is 16.8 Å². The fourth-order valence-corrected chi connectivity index (χ4v) is 2.70. The Morgan fingerprint density at radius 2 is 1.81 bits per heavy atom. The zero-order valence-corrected chi connectivity index (χ0v) is 15.5. The van der Waals surface area contributed by atoms with E-state index in [1.165, 1.54) is 6.92 Å². The number of anilines is 1. The van der Waals surface area contributed by atoms with Crippen LogP contribution in [0.5, 0.6) is 0 Å². The van der Waals surface area contributed by atoms with Crippen molar-refractivity contribution in [2.75, 3.05) is 5.32 Å². The molecule has 0 bridgehead atoms. The number of hydrogen-bond donors (Lipinski definition) is 2. The Morgan fingerprint density at radius 3 is 2.52 bits per heavy atom. The molecule has 0 spiro atoms. The lowest BCUT2D eigenvalue weighted by molar-refractivity contribution is -0.114. The molecular weight excluding hydrogens is 342 g/mol. The third-order valence-electron chi connectivity index (χ3n) is 4.09. The fraction of sp³-hybridized carbons (Fsp3) is 0.200. The number of carbonyl (C=O) groups excluding carboxylic acids is 2. The van der Waals surface area contributed by atoms with Crippen LogP contribution in [0.4, 0.5) is 5.69 Å². The van der Waals surface area contributed by atoms with Crippen molar-refractivity contribution in [1.29, 1.82) is 0 Å². The van der Waals surface area contributed by atoms with Crippen LogP contribution in [0.1, 0.15) is 34.2 Å². The molecule has 0 aliphatic heterocycles. The summed E-state index contributed by atoms with van der Waals surface area (Å²) in [6, 6.07) is 15.2. The van der Waals surface area contributed by atoms with Crippen molar-refractivity contribution >= 4 is 17.5 Å². The van der Waals surface area contributed by atoms with Gasteiger partial charge in [0.25, 0.3) is 5.91 Å². The van der Waals surface area contributed by atoms with Crippen molar-refractivity contribution in [1.82, 2.24) is 20.3 Å². The van der Waals surface area contributed by atoms with Crippen molar-refractivity contribution in [3.8, 4) is 5.69 Å². The Morgan fingerprint density at radius 1 is 1.07 bits per heavy atom. The number of aryl methyl sites for hydroxylation is 1. The van der Waals surface area contributed by atoms with Crippen LogP contribution in [0.3, 0.4) is 0 Å². The fourth-order valence-electron chi connectivity index (χ4n) is 2.70. The molecule has 1 aromatic heterocycles. The second kappa shape index (κ2) is 7.82. The molecule has 1 heterocycles. The first-order chi connectivity index (χ1) is 12.9. The van der Waals surface area contributed by atoms with Gasteiger partial charge in [0.1, 0.15) is 0 Å². The monoisotopic (exact) mass is 363 g/mol. The van der Waals surface area contributed by atoms with Gasteiger partial charge in [-0.15, -0.1) is 5.10 Å². The van der Waals surface area contributed by atoms with Gasteiger partial charge >= 0.3 is 0 Å². The van der Waals surface area contributed by atoms with Crippen molar-refractivity contribution in [3.63, 3.8) is 0 Å². The number of rotatable bonds is 5. The Bertz CT molecular complexity index is 976. The highest BCUT2D eigenvalue weighted by Crippen LogP contribution is 2.14. The molecule has 27 heavy (non-hydrogen) atoms. The van der Waals surface area contributed by atoms with E-state index in [2.05, 4.69) is 20.9 Å². The van der Waals surface area contributed by atoms with Crippen LogP contribution in [0.2, 0.25) is 0 Å². The first-order valence-electron chi connectivity index (χ1n) is 8.58. The molecule has 0 aliphatic carbocycles. The highest BCUT2D eigenvalue weighted by Gasteiger charge is 2.17. The molecule has 0 radical (unpaired) electrons. The van der Waals surface area contributed by atoms with Gasteiger partial charge in [0.2, 0.25) is 5.91 Å². The van der Waals surface area contributed by atoms with Gasteiger partial charge in [-0.25, -0.2) is 4.68 Å². The topological polar surface area (TPSA) is 88.9 Å². The van der Waals surface area contributed by atoms with Gasteiger partial charge in [-0.05, 0) is 43.7 Å². The molecule has 7 heteroatoms. The normalized spacial score (nSPS) is 10.5. The number of carbonyl (C=O) groups is 2. The lowest BCUT2D eigenvalue weighted by atomic mass is 10.2. The van der Waals surface area contributed by atoms with Gasteiger partial charge in [0.15, 0.2) is 5.69 Å². The molecule has 2 amide bonds. The molecule has 3 rings (SSSR count). The molecule has 0 saturated carbocycles. The van der Waals surface area contributed by atoms with Crippen molar-refractivity contribution in [2.24, 2.45) is 0 Å². The Balaban J connectivity index is 1.70. The Hall–Kier alpha value is -3.48.